The van der Waals surface area contributed by atoms with E-state index in [9.17, 15) is 8.60 Å². The Morgan fingerprint density at radius 1 is 1.30 bits per heavy atom. The molecule has 6 heteroatoms. The first-order valence-corrected chi connectivity index (χ1v) is 7.46. The van der Waals surface area contributed by atoms with Crippen molar-refractivity contribution in [3.8, 4) is 5.75 Å². The van der Waals surface area contributed by atoms with Crippen LogP contribution in [-0.2, 0) is 16.6 Å². The number of halogens is 2. The molecule has 1 unspecified atom stereocenters. The molecular formula is C14H13ClFNO2S. The van der Waals surface area contributed by atoms with E-state index in [0.717, 1.165) is 0 Å². The Kier molecular flexibility index (Phi) is 4.62. The third-order valence-electron chi connectivity index (χ3n) is 2.69. The van der Waals surface area contributed by atoms with Crippen LogP contribution >= 0.6 is 11.6 Å². The lowest BCUT2D eigenvalue weighted by Gasteiger charge is -2.09. The lowest BCUT2D eigenvalue weighted by atomic mass is 10.2. The molecule has 0 amide bonds. The fraction of sp³-hybridized carbons (Fsp3) is 0.143. The summed E-state index contributed by atoms with van der Waals surface area (Å²) in [6.07, 6.45) is 0. The monoisotopic (exact) mass is 313 g/mol. The lowest BCUT2D eigenvalue weighted by molar-refractivity contribution is 0.411. The molecular weight excluding hydrogens is 301 g/mol. The minimum absolute atomic E-state index is 0.173. The van der Waals surface area contributed by atoms with Crippen molar-refractivity contribution < 1.29 is 13.3 Å². The second kappa shape index (κ2) is 6.24. The second-order valence-corrected chi connectivity index (χ2v) is 6.05. The first-order chi connectivity index (χ1) is 9.49. The summed E-state index contributed by atoms with van der Waals surface area (Å²) in [7, 11) is 0.0899. The molecule has 1 atom stereocenters. The number of hydrogen-bond acceptors (Lipinski definition) is 3. The number of nitrogen functional groups attached to an aromatic ring is 1. The van der Waals surface area contributed by atoms with Gasteiger partial charge in [0.15, 0.2) is 0 Å². The predicted octanol–water partition coefficient (Wildman–Crippen LogP) is 3.38. The van der Waals surface area contributed by atoms with Crippen LogP contribution in [-0.4, -0.2) is 11.3 Å². The molecule has 2 aromatic rings. The number of anilines is 1. The number of benzene rings is 2. The average molecular weight is 314 g/mol. The Bertz CT molecular complexity index is 643. The maximum atomic E-state index is 13.3. The van der Waals surface area contributed by atoms with Gasteiger partial charge in [-0.05, 0) is 36.4 Å². The first kappa shape index (κ1) is 14.8. The lowest BCUT2D eigenvalue weighted by Crippen LogP contribution is -2.01. The SMILES string of the molecule is COc1ccc(Cl)cc1CS(=O)c1cc(N)cc(F)c1. The Balaban J connectivity index is 2.29. The van der Waals surface area contributed by atoms with Crippen molar-refractivity contribution >= 4 is 28.1 Å². The molecule has 0 aromatic heterocycles. The topological polar surface area (TPSA) is 52.3 Å². The van der Waals surface area contributed by atoms with Crippen molar-refractivity contribution in [1.29, 1.82) is 0 Å². The van der Waals surface area contributed by atoms with E-state index in [1.165, 1.54) is 25.3 Å². The van der Waals surface area contributed by atoms with Crippen molar-refractivity contribution in [2.24, 2.45) is 0 Å². The third-order valence-corrected chi connectivity index (χ3v) is 4.26. The maximum Gasteiger partial charge on any atom is 0.126 e. The fourth-order valence-corrected chi connectivity index (χ4v) is 3.18. The Hall–Kier alpha value is -1.59. The van der Waals surface area contributed by atoms with E-state index < -0.39 is 16.6 Å². The highest BCUT2D eigenvalue weighted by molar-refractivity contribution is 7.84. The van der Waals surface area contributed by atoms with Crippen LogP contribution in [0.3, 0.4) is 0 Å². The zero-order chi connectivity index (χ0) is 14.7. The van der Waals surface area contributed by atoms with Crippen molar-refractivity contribution in [1.82, 2.24) is 0 Å². The Morgan fingerprint density at radius 3 is 2.70 bits per heavy atom. The van der Waals surface area contributed by atoms with Gasteiger partial charge in [0.25, 0.3) is 0 Å². The van der Waals surface area contributed by atoms with Crippen LogP contribution in [0.2, 0.25) is 5.02 Å². The summed E-state index contributed by atoms with van der Waals surface area (Å²) in [5.41, 5.74) is 6.49. The molecule has 0 aliphatic carbocycles. The average Bonchev–Trinajstić information content (AvgIpc) is 2.37. The Morgan fingerprint density at radius 2 is 2.05 bits per heavy atom. The Labute approximate surface area is 124 Å². The fourth-order valence-electron chi connectivity index (χ4n) is 1.80. The first-order valence-electron chi connectivity index (χ1n) is 5.76. The third kappa shape index (κ3) is 3.49. The summed E-state index contributed by atoms with van der Waals surface area (Å²) in [5, 5.41) is 0.525. The van der Waals surface area contributed by atoms with Gasteiger partial charge in [0.2, 0.25) is 0 Å². The number of hydrogen-bond donors (Lipinski definition) is 1. The maximum absolute atomic E-state index is 13.3. The van der Waals surface area contributed by atoms with E-state index in [4.69, 9.17) is 22.1 Å². The van der Waals surface area contributed by atoms with E-state index in [-0.39, 0.29) is 11.4 Å². The van der Waals surface area contributed by atoms with E-state index in [0.29, 0.717) is 21.2 Å². The molecule has 2 aromatic carbocycles. The van der Waals surface area contributed by atoms with Gasteiger partial charge < -0.3 is 10.5 Å². The molecule has 0 bridgehead atoms. The van der Waals surface area contributed by atoms with Gasteiger partial charge in [-0.25, -0.2) is 4.39 Å². The van der Waals surface area contributed by atoms with Crippen LogP contribution in [0.25, 0.3) is 0 Å². The standard InChI is InChI=1S/C14H13ClFNO2S/c1-19-14-3-2-10(15)4-9(14)8-20(18)13-6-11(16)5-12(17)7-13/h2-7H,8,17H2,1H3. The van der Waals surface area contributed by atoms with E-state index in [1.54, 1.807) is 18.2 Å². The molecule has 0 radical (unpaired) electrons. The highest BCUT2D eigenvalue weighted by Gasteiger charge is 2.12. The zero-order valence-electron chi connectivity index (χ0n) is 10.7. The second-order valence-electron chi connectivity index (χ2n) is 4.17. The minimum atomic E-state index is -1.43. The molecule has 2 rings (SSSR count). The summed E-state index contributed by atoms with van der Waals surface area (Å²) < 4.78 is 30.8. The normalized spacial score (nSPS) is 12.2. The van der Waals surface area contributed by atoms with Crippen LogP contribution in [0.15, 0.2) is 41.3 Å². The molecule has 20 heavy (non-hydrogen) atoms. The molecule has 0 fully saturated rings. The van der Waals surface area contributed by atoms with Gasteiger partial charge in [-0.15, -0.1) is 0 Å². The molecule has 0 spiro atoms. The van der Waals surface area contributed by atoms with Gasteiger partial charge in [-0.3, -0.25) is 4.21 Å². The zero-order valence-corrected chi connectivity index (χ0v) is 12.3. The minimum Gasteiger partial charge on any atom is -0.496 e. The highest BCUT2D eigenvalue weighted by Crippen LogP contribution is 2.26. The number of nitrogens with two attached hydrogens (primary N) is 1. The molecule has 0 saturated carbocycles. The van der Waals surface area contributed by atoms with Crippen molar-refractivity contribution in [2.75, 3.05) is 12.8 Å². The summed E-state index contributed by atoms with van der Waals surface area (Å²) in [4.78, 5) is 0.338. The van der Waals surface area contributed by atoms with Crippen molar-refractivity contribution in [3.63, 3.8) is 0 Å². The molecule has 0 aliphatic heterocycles. The smallest absolute Gasteiger partial charge is 0.126 e. The molecule has 0 heterocycles. The molecule has 3 nitrogen and oxygen atoms in total. The van der Waals surface area contributed by atoms with E-state index in [2.05, 4.69) is 0 Å². The van der Waals surface area contributed by atoms with Crippen LogP contribution in [0.1, 0.15) is 5.56 Å². The molecule has 0 saturated heterocycles. The van der Waals surface area contributed by atoms with Gasteiger partial charge in [0.05, 0.1) is 23.7 Å². The largest absolute Gasteiger partial charge is 0.496 e. The quantitative estimate of drug-likeness (QED) is 0.880. The van der Waals surface area contributed by atoms with E-state index >= 15 is 0 Å². The molecule has 0 aliphatic rings. The number of ether oxygens (including phenoxy) is 1. The molecule has 2 N–H and O–H groups in total. The van der Waals surface area contributed by atoms with Gasteiger partial charge in [-0.1, -0.05) is 11.6 Å². The van der Waals surface area contributed by atoms with Crippen molar-refractivity contribution in [3.05, 3.63) is 52.8 Å². The van der Waals surface area contributed by atoms with Crippen LogP contribution in [0.5, 0.6) is 5.75 Å². The van der Waals surface area contributed by atoms with E-state index in [1.807, 2.05) is 0 Å². The summed E-state index contributed by atoms with van der Waals surface area (Å²) >= 11 is 5.92. The van der Waals surface area contributed by atoms with Gasteiger partial charge in [0.1, 0.15) is 11.6 Å². The van der Waals surface area contributed by atoms with Crippen LogP contribution < -0.4 is 10.5 Å². The highest BCUT2D eigenvalue weighted by atomic mass is 35.5. The summed E-state index contributed by atoms with van der Waals surface area (Å²) in [6.45, 7) is 0. The summed E-state index contributed by atoms with van der Waals surface area (Å²) in [6, 6.07) is 8.96. The van der Waals surface area contributed by atoms with Gasteiger partial charge in [0, 0.05) is 21.2 Å². The number of methoxy groups -OCH3 is 1. The van der Waals surface area contributed by atoms with Crippen LogP contribution in [0, 0.1) is 5.82 Å². The summed E-state index contributed by atoms with van der Waals surface area (Å²) in [5.74, 6) is 0.255. The predicted molar refractivity (Wildman–Crippen MR) is 78.9 cm³/mol. The van der Waals surface area contributed by atoms with Crippen molar-refractivity contribution in [2.45, 2.75) is 10.6 Å². The van der Waals surface area contributed by atoms with Crippen LogP contribution in [0.4, 0.5) is 10.1 Å². The number of rotatable bonds is 4. The molecule has 106 valence electrons. The van der Waals surface area contributed by atoms with Gasteiger partial charge >= 0.3 is 0 Å². The van der Waals surface area contributed by atoms with Gasteiger partial charge in [-0.2, -0.15) is 0 Å².